The van der Waals surface area contributed by atoms with Gasteiger partial charge in [0.1, 0.15) is 5.82 Å². The first-order valence-electron chi connectivity index (χ1n) is 6.11. The Hall–Kier alpha value is -2.12. The largest absolute Gasteiger partial charge is 0.384 e. The molecule has 0 aliphatic heterocycles. The van der Waals surface area contributed by atoms with Crippen LogP contribution in [0.5, 0.6) is 0 Å². The van der Waals surface area contributed by atoms with E-state index in [0.717, 1.165) is 5.69 Å². The zero-order valence-electron chi connectivity index (χ0n) is 10.8. The van der Waals surface area contributed by atoms with Gasteiger partial charge in [-0.1, -0.05) is 41.6 Å². The van der Waals surface area contributed by atoms with Gasteiger partial charge in [0, 0.05) is 5.75 Å². The lowest BCUT2D eigenvalue weighted by atomic mass is 10.3. The lowest BCUT2D eigenvalue weighted by molar-refractivity contribution is 0.756. The molecule has 3 aromatic rings. The minimum absolute atomic E-state index is 0.442. The van der Waals surface area contributed by atoms with Crippen LogP contribution in [0.25, 0.3) is 5.69 Å². The van der Waals surface area contributed by atoms with Crippen molar-refractivity contribution in [2.24, 2.45) is 0 Å². The van der Waals surface area contributed by atoms with Crippen LogP contribution >= 0.6 is 23.4 Å². The number of nitrogens with two attached hydrogens (primary N) is 1. The van der Waals surface area contributed by atoms with E-state index in [2.05, 4.69) is 20.5 Å². The quantitative estimate of drug-likeness (QED) is 0.744. The SMILES string of the molecule is Nc1ccc(Cl)c(CSc2nnnn2-c2ccccc2)n1. The Kier molecular flexibility index (Phi) is 4.03. The summed E-state index contributed by atoms with van der Waals surface area (Å²) < 4.78 is 1.67. The second kappa shape index (κ2) is 6.11. The smallest absolute Gasteiger partial charge is 0.214 e. The molecule has 0 radical (unpaired) electrons. The van der Waals surface area contributed by atoms with Crippen molar-refractivity contribution in [2.75, 3.05) is 5.73 Å². The number of rotatable bonds is 4. The maximum absolute atomic E-state index is 6.10. The number of benzene rings is 1. The Morgan fingerprint density at radius 3 is 2.76 bits per heavy atom. The van der Waals surface area contributed by atoms with Crippen molar-refractivity contribution in [2.45, 2.75) is 10.9 Å². The third-order valence-electron chi connectivity index (χ3n) is 2.72. The van der Waals surface area contributed by atoms with Gasteiger partial charge in [0.15, 0.2) is 0 Å². The molecule has 0 bridgehead atoms. The number of thioether (sulfide) groups is 1. The van der Waals surface area contributed by atoms with Crippen molar-refractivity contribution >= 4 is 29.2 Å². The van der Waals surface area contributed by atoms with Crippen molar-refractivity contribution in [3.05, 3.63) is 53.2 Å². The summed E-state index contributed by atoms with van der Waals surface area (Å²) in [5.41, 5.74) is 7.28. The molecule has 0 saturated carbocycles. The first-order valence-corrected chi connectivity index (χ1v) is 7.48. The van der Waals surface area contributed by atoms with Crippen molar-refractivity contribution < 1.29 is 0 Å². The van der Waals surface area contributed by atoms with Crippen LogP contribution in [0.1, 0.15) is 5.69 Å². The highest BCUT2D eigenvalue weighted by Crippen LogP contribution is 2.25. The van der Waals surface area contributed by atoms with Crippen LogP contribution in [0.15, 0.2) is 47.6 Å². The van der Waals surface area contributed by atoms with E-state index in [1.807, 2.05) is 30.3 Å². The number of para-hydroxylation sites is 1. The number of anilines is 1. The molecule has 0 aliphatic carbocycles. The van der Waals surface area contributed by atoms with E-state index in [9.17, 15) is 0 Å². The van der Waals surface area contributed by atoms with Gasteiger partial charge in [-0.25, -0.2) is 4.98 Å². The fraction of sp³-hybridized carbons (Fsp3) is 0.0769. The molecule has 0 amide bonds. The highest BCUT2D eigenvalue weighted by atomic mass is 35.5. The summed E-state index contributed by atoms with van der Waals surface area (Å²) in [6.45, 7) is 0. The van der Waals surface area contributed by atoms with Crippen LogP contribution in [-0.4, -0.2) is 25.2 Å². The lowest BCUT2D eigenvalue weighted by Gasteiger charge is -2.05. The third-order valence-corrected chi connectivity index (χ3v) is 3.99. The maximum Gasteiger partial charge on any atom is 0.214 e. The number of pyridine rings is 1. The van der Waals surface area contributed by atoms with E-state index < -0.39 is 0 Å². The van der Waals surface area contributed by atoms with Gasteiger partial charge in [0.05, 0.1) is 16.4 Å². The van der Waals surface area contributed by atoms with Gasteiger partial charge in [-0.3, -0.25) is 0 Å². The fourth-order valence-corrected chi connectivity index (χ4v) is 2.83. The molecule has 0 saturated heterocycles. The minimum Gasteiger partial charge on any atom is -0.384 e. The summed E-state index contributed by atoms with van der Waals surface area (Å²) in [6.07, 6.45) is 0. The van der Waals surface area contributed by atoms with Crippen LogP contribution in [0.4, 0.5) is 5.82 Å². The minimum atomic E-state index is 0.442. The average molecular weight is 319 g/mol. The fourth-order valence-electron chi connectivity index (χ4n) is 1.74. The molecule has 106 valence electrons. The van der Waals surface area contributed by atoms with Crippen LogP contribution in [0.2, 0.25) is 5.02 Å². The molecule has 1 aromatic carbocycles. The summed E-state index contributed by atoms with van der Waals surface area (Å²) >= 11 is 7.55. The molecule has 6 nitrogen and oxygen atoms in total. The van der Waals surface area contributed by atoms with Crippen LogP contribution in [0.3, 0.4) is 0 Å². The number of tetrazole rings is 1. The van der Waals surface area contributed by atoms with Gasteiger partial charge in [-0.15, -0.1) is 5.10 Å². The predicted molar refractivity (Wildman–Crippen MR) is 82.4 cm³/mol. The second-order valence-corrected chi connectivity index (χ2v) is 5.51. The Balaban J connectivity index is 1.81. The van der Waals surface area contributed by atoms with E-state index in [1.165, 1.54) is 11.8 Å². The number of aromatic nitrogens is 5. The van der Waals surface area contributed by atoms with E-state index >= 15 is 0 Å². The zero-order chi connectivity index (χ0) is 14.7. The molecule has 0 spiro atoms. The standard InChI is InChI=1S/C13H11ClN6S/c14-10-6-7-12(15)16-11(10)8-21-13-17-18-19-20(13)9-4-2-1-3-5-9/h1-7H,8H2,(H2,15,16). The topological polar surface area (TPSA) is 82.5 Å². The van der Waals surface area contributed by atoms with Gasteiger partial charge in [0.25, 0.3) is 0 Å². The summed E-state index contributed by atoms with van der Waals surface area (Å²) in [4.78, 5) is 4.22. The highest BCUT2D eigenvalue weighted by Gasteiger charge is 2.11. The molecular weight excluding hydrogens is 308 g/mol. The molecule has 2 aromatic heterocycles. The lowest BCUT2D eigenvalue weighted by Crippen LogP contribution is -2.00. The van der Waals surface area contributed by atoms with Gasteiger partial charge >= 0.3 is 0 Å². The van der Waals surface area contributed by atoms with Crippen molar-refractivity contribution in [1.29, 1.82) is 0 Å². The zero-order valence-corrected chi connectivity index (χ0v) is 12.4. The molecular formula is C13H11ClN6S. The predicted octanol–water partition coefficient (Wildman–Crippen LogP) is 2.59. The summed E-state index contributed by atoms with van der Waals surface area (Å²) in [5, 5.41) is 13.0. The van der Waals surface area contributed by atoms with E-state index in [-0.39, 0.29) is 0 Å². The molecule has 0 atom stereocenters. The van der Waals surface area contributed by atoms with E-state index in [0.29, 0.717) is 27.4 Å². The Bertz CT molecular complexity index is 745. The number of nitrogens with zero attached hydrogens (tertiary/aromatic N) is 5. The number of nitrogen functional groups attached to an aromatic ring is 1. The van der Waals surface area contributed by atoms with Crippen molar-refractivity contribution in [3.63, 3.8) is 0 Å². The monoisotopic (exact) mass is 318 g/mol. The van der Waals surface area contributed by atoms with E-state index in [1.54, 1.807) is 16.8 Å². The van der Waals surface area contributed by atoms with Crippen LogP contribution < -0.4 is 5.73 Å². The normalized spacial score (nSPS) is 10.7. The molecule has 2 N–H and O–H groups in total. The van der Waals surface area contributed by atoms with Crippen molar-refractivity contribution in [1.82, 2.24) is 25.2 Å². The first-order chi connectivity index (χ1) is 10.2. The maximum atomic E-state index is 6.10. The summed E-state index contributed by atoms with van der Waals surface area (Å²) in [7, 11) is 0. The third kappa shape index (κ3) is 3.14. The molecule has 0 unspecified atom stereocenters. The molecule has 3 rings (SSSR count). The molecule has 2 heterocycles. The molecule has 0 aliphatic rings. The molecule has 8 heteroatoms. The first kappa shape index (κ1) is 13.8. The Morgan fingerprint density at radius 2 is 1.95 bits per heavy atom. The average Bonchev–Trinajstić information content (AvgIpc) is 2.97. The van der Waals surface area contributed by atoms with Crippen LogP contribution in [-0.2, 0) is 5.75 Å². The van der Waals surface area contributed by atoms with Gasteiger partial charge < -0.3 is 5.73 Å². The number of hydrogen-bond acceptors (Lipinski definition) is 6. The molecule has 21 heavy (non-hydrogen) atoms. The number of halogens is 1. The second-order valence-electron chi connectivity index (χ2n) is 4.16. The Labute approximate surface area is 130 Å². The van der Waals surface area contributed by atoms with Gasteiger partial charge in [0.2, 0.25) is 5.16 Å². The highest BCUT2D eigenvalue weighted by molar-refractivity contribution is 7.98. The summed E-state index contributed by atoms with van der Waals surface area (Å²) in [6, 6.07) is 13.1. The van der Waals surface area contributed by atoms with Crippen LogP contribution in [0, 0.1) is 0 Å². The molecule has 0 fully saturated rings. The summed E-state index contributed by atoms with van der Waals surface area (Å²) in [5.74, 6) is 0.981. The van der Waals surface area contributed by atoms with Gasteiger partial charge in [-0.05, 0) is 34.7 Å². The Morgan fingerprint density at radius 1 is 1.14 bits per heavy atom. The van der Waals surface area contributed by atoms with Gasteiger partial charge in [-0.2, -0.15) is 4.68 Å². The number of hydrogen-bond donors (Lipinski definition) is 1. The van der Waals surface area contributed by atoms with E-state index in [4.69, 9.17) is 17.3 Å². The van der Waals surface area contributed by atoms with Crippen molar-refractivity contribution in [3.8, 4) is 5.69 Å².